The Morgan fingerprint density at radius 3 is 1.14 bits per heavy atom. The monoisotopic (exact) mass is 365 g/mol. The van der Waals surface area contributed by atoms with Crippen molar-refractivity contribution in [3.05, 3.63) is 0 Å². The molecule has 0 aliphatic rings. The third-order valence-electron chi connectivity index (χ3n) is 3.30. The predicted molar refractivity (Wildman–Crippen MR) is 104 cm³/mol. The Hall–Kier alpha value is 0.491. The fourth-order valence-electron chi connectivity index (χ4n) is 3.30. The Labute approximate surface area is 141 Å². The van der Waals surface area contributed by atoms with Crippen LogP contribution in [0, 0.1) is 0 Å². The quantitative estimate of drug-likeness (QED) is 0.563. The van der Waals surface area contributed by atoms with Crippen LogP contribution in [-0.4, -0.2) is 49.9 Å². The lowest BCUT2D eigenvalue weighted by molar-refractivity contribution is 0.0501. The van der Waals surface area contributed by atoms with Crippen LogP contribution in [0.4, 0.5) is 0 Å². The number of hydrogen-bond acceptors (Lipinski definition) is 4. The van der Waals surface area contributed by atoms with Crippen molar-refractivity contribution in [2.75, 3.05) is 19.8 Å². The molecule has 134 valence electrons. The molecule has 0 aliphatic heterocycles. The topological polar surface area (TPSA) is 53.7 Å². The van der Waals surface area contributed by atoms with E-state index in [2.05, 4.69) is 39.3 Å². The lowest BCUT2D eigenvalue weighted by Crippen LogP contribution is -2.72. The Kier molecular flexibility index (Phi) is 8.74. The summed E-state index contributed by atoms with van der Waals surface area (Å²) in [5, 5.41) is -0.468. The van der Waals surface area contributed by atoms with E-state index in [1.807, 2.05) is 20.8 Å². The van der Waals surface area contributed by atoms with E-state index in [4.69, 9.17) is 19.0 Å². The summed E-state index contributed by atoms with van der Waals surface area (Å²) < 4.78 is 18.5. The highest BCUT2D eigenvalue weighted by Gasteiger charge is 2.61. The molecule has 0 fully saturated rings. The van der Waals surface area contributed by atoms with E-state index < -0.39 is 30.1 Å². The fourth-order valence-corrected chi connectivity index (χ4v) is 14.7. The lowest BCUT2D eigenvalue weighted by atomic mass is 10.4. The van der Waals surface area contributed by atoms with Gasteiger partial charge in [0.25, 0.3) is 0 Å². The molecule has 2 N–H and O–H groups in total. The minimum atomic E-state index is -2.92. The molecular formula is C15H39NO3Si3. The first kappa shape index (κ1) is 22.5. The van der Waals surface area contributed by atoms with Gasteiger partial charge < -0.3 is 19.0 Å². The molecule has 0 bridgehead atoms. The van der Waals surface area contributed by atoms with Crippen LogP contribution < -0.4 is 5.73 Å². The molecule has 0 atom stereocenters. The van der Waals surface area contributed by atoms with Crippen molar-refractivity contribution in [2.45, 2.75) is 77.3 Å². The minimum absolute atomic E-state index is 0.468. The smallest absolute Gasteiger partial charge is 0.373 e. The van der Waals surface area contributed by atoms with Gasteiger partial charge in [0.05, 0.1) is 5.16 Å². The van der Waals surface area contributed by atoms with E-state index in [0.717, 1.165) is 12.1 Å². The second-order valence-corrected chi connectivity index (χ2v) is 22.4. The second kappa shape index (κ2) is 8.55. The van der Waals surface area contributed by atoms with Gasteiger partial charge in [-0.2, -0.15) is 0 Å². The van der Waals surface area contributed by atoms with Gasteiger partial charge in [-0.05, 0) is 32.9 Å². The Morgan fingerprint density at radius 2 is 0.955 bits per heavy atom. The Morgan fingerprint density at radius 1 is 0.682 bits per heavy atom. The lowest BCUT2D eigenvalue weighted by Gasteiger charge is -2.47. The molecule has 0 unspecified atom stereocenters. The summed E-state index contributed by atoms with van der Waals surface area (Å²) in [6.45, 7) is 21.9. The molecular weight excluding hydrogens is 326 g/mol. The van der Waals surface area contributed by atoms with Gasteiger partial charge in [0.2, 0.25) is 0 Å². The molecule has 0 saturated carbocycles. The summed E-state index contributed by atoms with van der Waals surface area (Å²) >= 11 is 0. The predicted octanol–water partition coefficient (Wildman–Crippen LogP) is 3.95. The summed E-state index contributed by atoms with van der Waals surface area (Å²) in [5.41, 5.74) is 7.06. The van der Waals surface area contributed by atoms with Gasteiger partial charge in [0.15, 0.2) is 0 Å². The van der Waals surface area contributed by atoms with Crippen LogP contribution in [0.25, 0.3) is 0 Å². The molecule has 0 rings (SSSR count). The molecule has 0 aromatic carbocycles. The molecule has 0 aromatic heterocycles. The molecule has 22 heavy (non-hydrogen) atoms. The van der Waals surface area contributed by atoms with Gasteiger partial charge >= 0.3 is 8.80 Å². The zero-order valence-corrected chi connectivity index (χ0v) is 19.3. The van der Waals surface area contributed by atoms with Gasteiger partial charge in [0.1, 0.15) is 0 Å². The normalized spacial score (nSPS) is 14.5. The van der Waals surface area contributed by atoms with Crippen LogP contribution in [0.3, 0.4) is 0 Å². The van der Waals surface area contributed by atoms with Crippen LogP contribution in [0.2, 0.25) is 51.4 Å². The van der Waals surface area contributed by atoms with Gasteiger partial charge in [0, 0.05) is 36.0 Å². The van der Waals surface area contributed by atoms with E-state index in [-0.39, 0.29) is 0 Å². The van der Waals surface area contributed by atoms with Crippen molar-refractivity contribution in [1.82, 2.24) is 0 Å². The minimum Gasteiger partial charge on any atom is -0.373 e. The zero-order chi connectivity index (χ0) is 17.7. The van der Waals surface area contributed by atoms with E-state index >= 15 is 0 Å². The maximum absolute atomic E-state index is 7.06. The van der Waals surface area contributed by atoms with Crippen LogP contribution in [-0.2, 0) is 13.3 Å². The fraction of sp³-hybridized carbons (Fsp3) is 1.00. The summed E-state index contributed by atoms with van der Waals surface area (Å²) in [6.07, 6.45) is 0. The molecule has 0 saturated heterocycles. The largest absolute Gasteiger partial charge is 0.521 e. The van der Waals surface area contributed by atoms with E-state index in [1.54, 1.807) is 0 Å². The van der Waals surface area contributed by atoms with Crippen molar-refractivity contribution in [3.63, 3.8) is 0 Å². The molecule has 0 radical (unpaired) electrons. The molecule has 4 nitrogen and oxygen atoms in total. The standard InChI is InChI=1S/C15H39NO3Si3/c1-10-17-22(18-11-2,19-12-3)15(16,13-20(4,5)6)14-21(7,8)9/h10-14,16H2,1-9H3. The van der Waals surface area contributed by atoms with Crippen LogP contribution in [0.5, 0.6) is 0 Å². The average molecular weight is 366 g/mol. The summed E-state index contributed by atoms with van der Waals surface area (Å²) in [6, 6.07) is 1.97. The van der Waals surface area contributed by atoms with Crippen molar-refractivity contribution in [3.8, 4) is 0 Å². The highest BCUT2D eigenvalue weighted by Crippen LogP contribution is 2.37. The Bertz CT molecular complexity index is 294. The van der Waals surface area contributed by atoms with Crippen molar-refractivity contribution < 1.29 is 13.3 Å². The first-order valence-electron chi connectivity index (χ1n) is 8.55. The van der Waals surface area contributed by atoms with Crippen molar-refractivity contribution >= 4 is 25.0 Å². The number of nitrogens with two attached hydrogens (primary N) is 1. The van der Waals surface area contributed by atoms with Gasteiger partial charge in [-0.25, -0.2) is 0 Å². The van der Waals surface area contributed by atoms with Gasteiger partial charge in [-0.1, -0.05) is 39.3 Å². The molecule has 0 heterocycles. The molecule has 0 aliphatic carbocycles. The summed E-state index contributed by atoms with van der Waals surface area (Å²) in [7, 11) is -5.72. The zero-order valence-electron chi connectivity index (χ0n) is 16.3. The molecule has 0 spiro atoms. The molecule has 0 amide bonds. The van der Waals surface area contributed by atoms with E-state index in [9.17, 15) is 0 Å². The SMILES string of the molecule is CCO[Si](OCC)(OCC)C(N)(C[Si](C)(C)C)C[Si](C)(C)C. The maximum atomic E-state index is 7.06. The Balaban J connectivity index is 5.89. The van der Waals surface area contributed by atoms with Crippen LogP contribution in [0.15, 0.2) is 0 Å². The molecule has 0 aromatic rings. The summed E-state index contributed by atoms with van der Waals surface area (Å²) in [4.78, 5) is 0. The van der Waals surface area contributed by atoms with Gasteiger partial charge in [-0.15, -0.1) is 0 Å². The highest BCUT2D eigenvalue weighted by molar-refractivity contribution is 6.82. The van der Waals surface area contributed by atoms with E-state index in [0.29, 0.717) is 19.8 Å². The van der Waals surface area contributed by atoms with Crippen molar-refractivity contribution in [1.29, 1.82) is 0 Å². The first-order valence-corrected chi connectivity index (χ1v) is 17.7. The highest BCUT2D eigenvalue weighted by atomic mass is 28.4. The third kappa shape index (κ3) is 6.94. The number of rotatable bonds is 11. The molecule has 7 heteroatoms. The summed E-state index contributed by atoms with van der Waals surface area (Å²) in [5.74, 6) is 0. The van der Waals surface area contributed by atoms with Crippen molar-refractivity contribution in [2.24, 2.45) is 5.73 Å². The van der Waals surface area contributed by atoms with Gasteiger partial charge in [-0.3, -0.25) is 0 Å². The van der Waals surface area contributed by atoms with E-state index in [1.165, 1.54) is 0 Å². The average Bonchev–Trinajstić information content (AvgIpc) is 2.24. The first-order chi connectivity index (χ1) is 9.85. The van der Waals surface area contributed by atoms with Crippen LogP contribution in [0.1, 0.15) is 20.8 Å². The maximum Gasteiger partial charge on any atom is 0.521 e. The number of hydrogen-bond donors (Lipinski definition) is 1. The second-order valence-electron chi connectivity index (χ2n) is 8.49. The third-order valence-corrected chi connectivity index (χ3v) is 11.0. The van der Waals surface area contributed by atoms with Crippen LogP contribution >= 0.6 is 0 Å².